The predicted molar refractivity (Wildman–Crippen MR) is 354 cm³/mol. The summed E-state index contributed by atoms with van der Waals surface area (Å²) >= 11 is 1.28. The van der Waals surface area contributed by atoms with Gasteiger partial charge in [0, 0.05) is 24.6 Å². The Hall–Kier alpha value is -4.49. The zero-order valence-corrected chi connectivity index (χ0v) is 55.5. The first-order valence-corrected chi connectivity index (χ1v) is 35.6. The van der Waals surface area contributed by atoms with Gasteiger partial charge in [-0.2, -0.15) is 11.8 Å². The number of carboxylic acids is 1. The number of carboxylic acid groups (broad SMARTS) is 1. The van der Waals surface area contributed by atoms with Gasteiger partial charge in [-0.15, -0.1) is 0 Å². The fourth-order valence-electron chi connectivity index (χ4n) is 10.1. The number of carbonyl (C=O) groups is 8. The third-order valence-electron chi connectivity index (χ3n) is 15.6. The number of ether oxygens (including phenoxy) is 1. The van der Waals surface area contributed by atoms with E-state index in [1.54, 1.807) is 0 Å². The summed E-state index contributed by atoms with van der Waals surface area (Å²) < 4.78 is 5.39. The molecule has 0 radical (unpaired) electrons. The minimum absolute atomic E-state index is 0.0373. The minimum Gasteiger partial charge on any atom is -0.480 e. The van der Waals surface area contributed by atoms with Crippen LogP contribution in [-0.2, 0) is 33.5 Å². The van der Waals surface area contributed by atoms with Gasteiger partial charge in [-0.05, 0) is 116 Å². The third kappa shape index (κ3) is 47.5. The van der Waals surface area contributed by atoms with Crippen LogP contribution in [0.15, 0.2) is 0 Å². The lowest BCUT2D eigenvalue weighted by atomic mass is 10.0. The van der Waals surface area contributed by atoms with E-state index in [-0.39, 0.29) is 44.5 Å². The number of aliphatic hydroxyl groups is 1. The number of amides is 8. The summed E-state index contributed by atoms with van der Waals surface area (Å²) in [5, 5.41) is 41.8. The Morgan fingerprint density at radius 3 is 1.08 bits per heavy atom. The van der Waals surface area contributed by atoms with Gasteiger partial charge in [0.15, 0.2) is 0 Å². The van der Waals surface area contributed by atoms with Crippen molar-refractivity contribution in [3.8, 4) is 0 Å². The maximum atomic E-state index is 14.2. The first-order chi connectivity index (χ1) is 42.7. The van der Waals surface area contributed by atoms with Crippen molar-refractivity contribution in [3.63, 3.8) is 0 Å². The van der Waals surface area contributed by atoms with Crippen molar-refractivity contribution in [1.82, 2.24) is 42.5 Å². The number of rotatable bonds is 62. The van der Waals surface area contributed by atoms with Gasteiger partial charge in [-0.1, -0.05) is 168 Å². The number of hydrogen-bond donors (Lipinski definition) is 14. The Bertz CT molecular complexity index is 1800. The highest BCUT2D eigenvalue weighted by molar-refractivity contribution is 7.99. The first kappa shape index (κ1) is 83.5. The van der Waals surface area contributed by atoms with Crippen LogP contribution in [-0.4, -0.2) is 158 Å². The van der Waals surface area contributed by atoms with E-state index < -0.39 is 90.5 Å². The van der Waals surface area contributed by atoms with E-state index in [9.17, 15) is 48.6 Å². The van der Waals surface area contributed by atoms with E-state index in [4.69, 9.17) is 27.7 Å². The van der Waals surface area contributed by atoms with E-state index in [1.807, 2.05) is 0 Å². The van der Waals surface area contributed by atoms with E-state index in [0.717, 1.165) is 44.9 Å². The van der Waals surface area contributed by atoms with Crippen molar-refractivity contribution in [2.45, 2.75) is 294 Å². The molecule has 0 aromatic heterocycles. The van der Waals surface area contributed by atoms with Gasteiger partial charge >= 0.3 is 18.1 Å². The van der Waals surface area contributed by atoms with E-state index >= 15 is 0 Å². The molecule has 0 aliphatic rings. The monoisotopic (exact) mass is 1270 g/mol. The lowest BCUT2D eigenvalue weighted by Crippen LogP contribution is -2.60. The van der Waals surface area contributed by atoms with Crippen molar-refractivity contribution in [2.24, 2.45) is 22.9 Å². The van der Waals surface area contributed by atoms with Gasteiger partial charge in [0.25, 0.3) is 0 Å². The normalized spacial score (nSPS) is 13.3. The molecule has 8 amide bonds. The molecule has 18 N–H and O–H groups in total. The van der Waals surface area contributed by atoms with Gasteiger partial charge in [0.1, 0.15) is 36.3 Å². The lowest BCUT2D eigenvalue weighted by Gasteiger charge is -2.27. The molecule has 0 fully saturated rings. The molecular weight excluding hydrogens is 1140 g/mol. The second-order valence-corrected chi connectivity index (χ2v) is 24.7. The number of urea groups is 1. The number of alkyl carbamates (subject to hydrolysis) is 1. The molecule has 0 saturated carbocycles. The molecule has 88 heavy (non-hydrogen) atoms. The number of hydrogen-bond acceptors (Lipinski definition) is 15. The molecule has 0 bridgehead atoms. The van der Waals surface area contributed by atoms with E-state index in [0.29, 0.717) is 89.9 Å². The highest BCUT2D eigenvalue weighted by atomic mass is 32.2. The molecule has 0 aromatic carbocycles. The van der Waals surface area contributed by atoms with Crippen molar-refractivity contribution >= 4 is 59.4 Å². The van der Waals surface area contributed by atoms with E-state index in [1.165, 1.54) is 134 Å². The SMILES string of the molecule is CCCCCCCCCCCCCCCCOC(=O)NCCSC[C@@H](NC(=O)NCCCCCCCCCCCCCC)C(=O)N[C@H](CO)C(=O)N[C@@H](CCCCN)C(=O)N[C@@H](CCCCN)C(=O)N[C@@H](CCCCN)C(=O)N[C@@H](CCCCN)C(=O)O. The van der Waals surface area contributed by atoms with Gasteiger partial charge in [-0.25, -0.2) is 14.4 Å². The summed E-state index contributed by atoms with van der Waals surface area (Å²) in [6.07, 6.45) is 34.8. The fourth-order valence-corrected chi connectivity index (χ4v) is 11.0. The van der Waals surface area contributed by atoms with Crippen LogP contribution in [0.5, 0.6) is 0 Å². The molecule has 0 unspecified atom stereocenters. The maximum Gasteiger partial charge on any atom is 0.407 e. The van der Waals surface area contributed by atoms with Gasteiger partial charge in [-0.3, -0.25) is 24.0 Å². The van der Waals surface area contributed by atoms with Crippen LogP contribution in [0.25, 0.3) is 0 Å². The molecule has 6 atom stereocenters. The standard InChI is InChI=1S/C64H126N12O11S/c1-3-5-7-9-11-13-15-17-18-20-22-24-26-36-47-87-64(86)70-46-48-88-50-56(76-63(85)69-45-35-25-23-21-19-16-14-12-10-8-6-4-2)61(82)75-55(49-77)60(81)73-52(38-28-32-42-66)58(79)71-51(37-27-31-41-65)57(78)72-53(39-29-33-43-67)59(80)74-54(62(83)84)40-30-34-44-68/h51-56,77H,3-50,65-68H2,1-2H3,(H,70,86)(H,71,79)(H,72,78)(H,73,81)(H,74,80)(H,75,82)(H,83,84)(H2,69,76,85)/t51-,52-,53-,54-,55+,56+/m0/s1. The number of nitrogens with one attached hydrogen (secondary N) is 8. The van der Waals surface area contributed by atoms with Crippen molar-refractivity contribution in [2.75, 3.05) is 64.0 Å². The highest BCUT2D eigenvalue weighted by Gasteiger charge is 2.33. The predicted octanol–water partition coefficient (Wildman–Crippen LogP) is 7.31. The number of carbonyl (C=O) groups excluding carboxylic acids is 7. The summed E-state index contributed by atoms with van der Waals surface area (Å²) in [6.45, 7) is 5.76. The highest BCUT2D eigenvalue weighted by Crippen LogP contribution is 2.16. The van der Waals surface area contributed by atoms with Gasteiger partial charge in [0.05, 0.1) is 13.2 Å². The molecule has 0 rings (SSSR count). The molecule has 24 heteroatoms. The number of thioether (sulfide) groups is 1. The minimum atomic E-state index is -1.58. The van der Waals surface area contributed by atoms with Crippen molar-refractivity contribution in [3.05, 3.63) is 0 Å². The largest absolute Gasteiger partial charge is 0.480 e. The quantitative estimate of drug-likeness (QED) is 0.0265. The number of aliphatic hydroxyl groups excluding tert-OH is 1. The molecule has 0 aliphatic heterocycles. The van der Waals surface area contributed by atoms with Crippen LogP contribution in [0.2, 0.25) is 0 Å². The Morgan fingerprint density at radius 1 is 0.375 bits per heavy atom. The summed E-state index contributed by atoms with van der Waals surface area (Å²) in [7, 11) is 0. The van der Waals surface area contributed by atoms with Crippen molar-refractivity contribution < 1.29 is 53.3 Å². The van der Waals surface area contributed by atoms with Crippen LogP contribution in [0.4, 0.5) is 9.59 Å². The summed E-state index contributed by atoms with van der Waals surface area (Å²) in [4.78, 5) is 108. The average molecular weight is 1270 g/mol. The number of aliphatic carboxylic acids is 1. The molecule has 0 aliphatic carbocycles. The Labute approximate surface area is 534 Å². The Kier molecular flexibility index (Phi) is 57.0. The van der Waals surface area contributed by atoms with Gasteiger partial charge < -0.3 is 80.4 Å². The molecular formula is C64H126N12O11S. The van der Waals surface area contributed by atoms with E-state index in [2.05, 4.69) is 56.4 Å². The van der Waals surface area contributed by atoms with Crippen LogP contribution in [0, 0.1) is 0 Å². The van der Waals surface area contributed by atoms with Crippen LogP contribution < -0.4 is 65.5 Å². The van der Waals surface area contributed by atoms with Crippen LogP contribution in [0.3, 0.4) is 0 Å². The topological polar surface area (TPSA) is 387 Å². The third-order valence-corrected chi connectivity index (χ3v) is 16.6. The zero-order chi connectivity index (χ0) is 65.1. The second kappa shape index (κ2) is 60.1. The van der Waals surface area contributed by atoms with Crippen LogP contribution in [0.1, 0.15) is 258 Å². The summed E-state index contributed by atoms with van der Waals surface area (Å²) in [5.41, 5.74) is 22.9. The smallest absolute Gasteiger partial charge is 0.407 e. The summed E-state index contributed by atoms with van der Waals surface area (Å²) in [5.74, 6) is -4.73. The van der Waals surface area contributed by atoms with Crippen LogP contribution >= 0.6 is 11.8 Å². The molecule has 23 nitrogen and oxygen atoms in total. The number of nitrogens with two attached hydrogens (primary N) is 4. The fraction of sp³-hybridized carbons (Fsp3) is 0.875. The summed E-state index contributed by atoms with van der Waals surface area (Å²) in [6, 6.07) is -8.26. The first-order valence-electron chi connectivity index (χ1n) is 34.4. The molecule has 0 saturated heterocycles. The van der Waals surface area contributed by atoms with Crippen molar-refractivity contribution in [1.29, 1.82) is 0 Å². The Balaban J connectivity index is 5.91. The molecule has 0 aromatic rings. The van der Waals surface area contributed by atoms with Gasteiger partial charge in [0.2, 0.25) is 29.5 Å². The molecule has 0 spiro atoms. The molecule has 514 valence electrons. The Morgan fingerprint density at radius 2 is 0.705 bits per heavy atom. The maximum absolute atomic E-state index is 14.2. The second-order valence-electron chi connectivity index (χ2n) is 23.5. The average Bonchev–Trinajstić information content (AvgIpc) is 3.68. The number of unbranched alkanes of at least 4 members (excludes halogenated alkanes) is 28. The lowest BCUT2D eigenvalue weighted by molar-refractivity contribution is -0.142. The zero-order valence-electron chi connectivity index (χ0n) is 54.7. The molecule has 0 heterocycles.